The minimum absolute atomic E-state index is 0. The van der Waals surface area contributed by atoms with Gasteiger partial charge in [0.1, 0.15) is 0 Å². The lowest BCUT2D eigenvalue weighted by molar-refractivity contribution is -0.0873. The molecule has 0 amide bonds. The van der Waals surface area contributed by atoms with Crippen LogP contribution >= 0.6 is 12.4 Å². The predicted molar refractivity (Wildman–Crippen MR) is 59.4 cm³/mol. The normalized spacial score (nSPS) is 38.4. The Morgan fingerprint density at radius 1 is 1.54 bits per heavy atom. The number of rotatable bonds is 2. The summed E-state index contributed by atoms with van der Waals surface area (Å²) in [4.78, 5) is 2.59. The van der Waals surface area contributed by atoms with Gasteiger partial charge in [0.15, 0.2) is 0 Å². The molecule has 1 saturated carbocycles. The van der Waals surface area contributed by atoms with E-state index in [1.807, 2.05) is 6.08 Å². The van der Waals surface area contributed by atoms with E-state index in [4.69, 9.17) is 0 Å². The van der Waals surface area contributed by atoms with Crippen molar-refractivity contribution in [2.45, 2.75) is 38.1 Å². The number of likely N-dealkylation sites (tertiary alicyclic amines) is 1. The van der Waals surface area contributed by atoms with Gasteiger partial charge in [-0.1, -0.05) is 18.9 Å². The van der Waals surface area contributed by atoms with E-state index >= 15 is 0 Å². The van der Waals surface area contributed by atoms with Gasteiger partial charge in [0.2, 0.25) is 0 Å². The van der Waals surface area contributed by atoms with Gasteiger partial charge in [0.25, 0.3) is 0 Å². The van der Waals surface area contributed by atoms with Crippen molar-refractivity contribution in [1.82, 2.24) is 4.90 Å². The van der Waals surface area contributed by atoms with Crippen LogP contribution in [0, 0.1) is 5.92 Å². The van der Waals surface area contributed by atoms with Gasteiger partial charge in [0, 0.05) is 18.6 Å². The molecular formula is C11H20ClN. The number of hydrogen-bond donors (Lipinski definition) is 0. The maximum Gasteiger partial charge on any atom is 0.0225 e. The Morgan fingerprint density at radius 2 is 2.31 bits per heavy atom. The monoisotopic (exact) mass is 201 g/mol. The first-order valence-corrected chi connectivity index (χ1v) is 5.13. The Kier molecular flexibility index (Phi) is 3.42. The Hall–Kier alpha value is -0.0100. The van der Waals surface area contributed by atoms with E-state index in [1.165, 1.54) is 32.2 Å². The van der Waals surface area contributed by atoms with Crippen LogP contribution in [-0.4, -0.2) is 23.5 Å². The van der Waals surface area contributed by atoms with Crippen LogP contribution in [0.4, 0.5) is 0 Å². The summed E-state index contributed by atoms with van der Waals surface area (Å²) < 4.78 is 0. The molecule has 1 aliphatic carbocycles. The van der Waals surface area contributed by atoms with Gasteiger partial charge < -0.3 is 0 Å². The molecule has 2 rings (SSSR count). The Morgan fingerprint density at radius 3 is 2.92 bits per heavy atom. The molecule has 2 fully saturated rings. The fourth-order valence-electron chi connectivity index (χ4n) is 2.89. The molecule has 0 spiro atoms. The number of halogens is 1. The van der Waals surface area contributed by atoms with E-state index in [-0.39, 0.29) is 12.4 Å². The van der Waals surface area contributed by atoms with E-state index in [1.54, 1.807) is 0 Å². The van der Waals surface area contributed by atoms with E-state index in [0.717, 1.165) is 12.5 Å². The minimum Gasteiger partial charge on any atom is -0.294 e. The van der Waals surface area contributed by atoms with Crippen LogP contribution in [0.25, 0.3) is 0 Å². The molecule has 1 heterocycles. The molecule has 76 valence electrons. The molecule has 1 aliphatic heterocycles. The number of hydrogen-bond acceptors (Lipinski definition) is 1. The van der Waals surface area contributed by atoms with Gasteiger partial charge >= 0.3 is 0 Å². The van der Waals surface area contributed by atoms with Crippen molar-refractivity contribution in [3.63, 3.8) is 0 Å². The molecule has 0 radical (unpaired) electrons. The average Bonchev–Trinajstić information content (AvgIpc) is 2.06. The van der Waals surface area contributed by atoms with Gasteiger partial charge in [-0.15, -0.1) is 19.0 Å². The van der Waals surface area contributed by atoms with Gasteiger partial charge in [-0.3, -0.25) is 4.90 Å². The standard InChI is InChI=1S/C11H19N.ClH/c1-3-8-12-9-10-6-4-5-7-11(10,12)2;/h3,10H,1,4-9H2,2H3;1H/t10-,11-;/m0./s1. The molecule has 0 aromatic heterocycles. The first-order chi connectivity index (χ1) is 5.77. The molecule has 2 atom stereocenters. The van der Waals surface area contributed by atoms with Gasteiger partial charge in [-0.2, -0.15) is 0 Å². The first kappa shape index (κ1) is 11.1. The molecule has 0 N–H and O–H groups in total. The van der Waals surface area contributed by atoms with Crippen LogP contribution in [0.3, 0.4) is 0 Å². The third-order valence-corrected chi connectivity index (χ3v) is 3.88. The molecule has 0 unspecified atom stereocenters. The van der Waals surface area contributed by atoms with E-state index in [0.29, 0.717) is 5.54 Å². The maximum atomic E-state index is 3.81. The smallest absolute Gasteiger partial charge is 0.0225 e. The van der Waals surface area contributed by atoms with E-state index in [2.05, 4.69) is 18.4 Å². The third kappa shape index (κ3) is 1.64. The molecule has 1 saturated heterocycles. The van der Waals surface area contributed by atoms with Crippen LogP contribution in [0.1, 0.15) is 32.6 Å². The predicted octanol–water partition coefficient (Wildman–Crippen LogP) is 2.86. The molecule has 1 nitrogen and oxygen atoms in total. The highest BCUT2D eigenvalue weighted by molar-refractivity contribution is 5.85. The van der Waals surface area contributed by atoms with Crippen molar-refractivity contribution < 1.29 is 0 Å². The zero-order chi connectivity index (χ0) is 8.60. The fourth-order valence-corrected chi connectivity index (χ4v) is 2.89. The summed E-state index contributed by atoms with van der Waals surface area (Å²) in [6, 6.07) is 0. The number of nitrogens with zero attached hydrogens (tertiary/aromatic N) is 1. The van der Waals surface area contributed by atoms with Crippen LogP contribution < -0.4 is 0 Å². The second-order valence-electron chi connectivity index (χ2n) is 4.49. The average molecular weight is 202 g/mol. The minimum atomic E-state index is 0. The van der Waals surface area contributed by atoms with Gasteiger partial charge in [-0.25, -0.2) is 0 Å². The SMILES string of the molecule is C=CCN1C[C@@H]2CCCC[C@@]21C.Cl. The Bertz CT molecular complexity index is 193. The summed E-state index contributed by atoms with van der Waals surface area (Å²) in [5, 5.41) is 0. The highest BCUT2D eigenvalue weighted by Crippen LogP contribution is 2.46. The summed E-state index contributed by atoms with van der Waals surface area (Å²) >= 11 is 0. The summed E-state index contributed by atoms with van der Waals surface area (Å²) in [6.07, 6.45) is 7.80. The molecule has 0 aromatic carbocycles. The molecule has 0 aromatic rings. The maximum absolute atomic E-state index is 3.81. The Labute approximate surface area is 87.6 Å². The highest BCUT2D eigenvalue weighted by atomic mass is 35.5. The molecule has 2 aliphatic rings. The zero-order valence-electron chi connectivity index (χ0n) is 8.46. The summed E-state index contributed by atoms with van der Waals surface area (Å²) in [5.41, 5.74) is 0.548. The van der Waals surface area contributed by atoms with E-state index in [9.17, 15) is 0 Å². The topological polar surface area (TPSA) is 3.24 Å². The molecule has 0 bridgehead atoms. The Balaban J connectivity index is 0.000000845. The lowest BCUT2D eigenvalue weighted by Crippen LogP contribution is -2.66. The lowest BCUT2D eigenvalue weighted by Gasteiger charge is -2.59. The van der Waals surface area contributed by atoms with Crippen molar-refractivity contribution >= 4 is 12.4 Å². The number of fused-ring (bicyclic) bond motifs is 1. The highest BCUT2D eigenvalue weighted by Gasteiger charge is 2.49. The van der Waals surface area contributed by atoms with Crippen molar-refractivity contribution in [2.75, 3.05) is 13.1 Å². The lowest BCUT2D eigenvalue weighted by atomic mass is 9.66. The summed E-state index contributed by atoms with van der Waals surface area (Å²) in [5.74, 6) is 0.992. The van der Waals surface area contributed by atoms with Crippen molar-refractivity contribution in [3.8, 4) is 0 Å². The van der Waals surface area contributed by atoms with Crippen molar-refractivity contribution in [2.24, 2.45) is 5.92 Å². The van der Waals surface area contributed by atoms with Gasteiger partial charge in [0.05, 0.1) is 0 Å². The van der Waals surface area contributed by atoms with Crippen LogP contribution in [0.15, 0.2) is 12.7 Å². The second kappa shape index (κ2) is 4.02. The third-order valence-electron chi connectivity index (χ3n) is 3.88. The molecule has 13 heavy (non-hydrogen) atoms. The van der Waals surface area contributed by atoms with Gasteiger partial charge in [-0.05, 0) is 25.7 Å². The quantitative estimate of drug-likeness (QED) is 0.622. The van der Waals surface area contributed by atoms with Crippen LogP contribution in [-0.2, 0) is 0 Å². The summed E-state index contributed by atoms with van der Waals surface area (Å²) in [7, 11) is 0. The summed E-state index contributed by atoms with van der Waals surface area (Å²) in [6.45, 7) is 8.66. The second-order valence-corrected chi connectivity index (χ2v) is 4.49. The van der Waals surface area contributed by atoms with Crippen LogP contribution in [0.5, 0.6) is 0 Å². The molecular weight excluding hydrogens is 182 g/mol. The largest absolute Gasteiger partial charge is 0.294 e. The fraction of sp³-hybridized carbons (Fsp3) is 0.818. The van der Waals surface area contributed by atoms with E-state index < -0.39 is 0 Å². The van der Waals surface area contributed by atoms with Crippen molar-refractivity contribution in [1.29, 1.82) is 0 Å². The first-order valence-electron chi connectivity index (χ1n) is 5.13. The van der Waals surface area contributed by atoms with Crippen LogP contribution in [0.2, 0.25) is 0 Å². The zero-order valence-corrected chi connectivity index (χ0v) is 9.28. The molecule has 2 heteroatoms. The van der Waals surface area contributed by atoms with Crippen molar-refractivity contribution in [3.05, 3.63) is 12.7 Å².